The van der Waals surface area contributed by atoms with Gasteiger partial charge in [0.1, 0.15) is 0 Å². The first-order valence-electron chi connectivity index (χ1n) is 6.55. The van der Waals surface area contributed by atoms with Gasteiger partial charge < -0.3 is 20.6 Å². The Morgan fingerprint density at radius 2 is 2.05 bits per heavy atom. The van der Waals surface area contributed by atoms with Crippen LogP contribution in [-0.2, 0) is 6.54 Å². The number of hydrogen-bond acceptors (Lipinski definition) is 5. The molecule has 1 rings (SSSR count). The molecule has 9 nitrogen and oxygen atoms in total. The van der Waals surface area contributed by atoms with Crippen molar-refractivity contribution < 1.29 is 14.7 Å². The second kappa shape index (κ2) is 7.02. The van der Waals surface area contributed by atoms with Crippen LogP contribution in [0.1, 0.15) is 24.3 Å². The Balaban J connectivity index is 2.29. The van der Waals surface area contributed by atoms with Crippen molar-refractivity contribution in [2.24, 2.45) is 0 Å². The third-order valence-electron chi connectivity index (χ3n) is 3.28. The Morgan fingerprint density at radius 3 is 2.57 bits per heavy atom. The SMILES string of the molecule is CN(C)C(C)(C)CNC(=O)NCCn1cc(C(=O)O)nn1. The first kappa shape index (κ1) is 16.9. The van der Waals surface area contributed by atoms with Gasteiger partial charge in [-0.15, -0.1) is 5.10 Å². The molecule has 0 aliphatic heterocycles. The summed E-state index contributed by atoms with van der Waals surface area (Å²) >= 11 is 0. The van der Waals surface area contributed by atoms with Gasteiger partial charge in [-0.05, 0) is 27.9 Å². The number of nitrogens with zero attached hydrogens (tertiary/aromatic N) is 4. The zero-order chi connectivity index (χ0) is 16.0. The van der Waals surface area contributed by atoms with Crippen molar-refractivity contribution in [1.29, 1.82) is 0 Å². The monoisotopic (exact) mass is 298 g/mol. The van der Waals surface area contributed by atoms with E-state index in [-0.39, 0.29) is 17.3 Å². The van der Waals surface area contributed by atoms with E-state index in [0.29, 0.717) is 19.6 Å². The molecule has 0 fully saturated rings. The zero-order valence-corrected chi connectivity index (χ0v) is 12.8. The third-order valence-corrected chi connectivity index (χ3v) is 3.28. The Labute approximate surface area is 123 Å². The molecule has 118 valence electrons. The van der Waals surface area contributed by atoms with Gasteiger partial charge in [-0.1, -0.05) is 5.21 Å². The molecule has 21 heavy (non-hydrogen) atoms. The van der Waals surface area contributed by atoms with Crippen LogP contribution in [0.2, 0.25) is 0 Å². The van der Waals surface area contributed by atoms with E-state index in [1.807, 2.05) is 32.8 Å². The van der Waals surface area contributed by atoms with Gasteiger partial charge in [0.25, 0.3) is 0 Å². The molecule has 0 aliphatic rings. The molecule has 2 amide bonds. The normalized spacial score (nSPS) is 11.5. The van der Waals surface area contributed by atoms with Crippen LogP contribution in [0, 0.1) is 0 Å². The van der Waals surface area contributed by atoms with E-state index in [2.05, 4.69) is 20.9 Å². The van der Waals surface area contributed by atoms with Gasteiger partial charge in [-0.3, -0.25) is 0 Å². The largest absolute Gasteiger partial charge is 0.476 e. The highest BCUT2D eigenvalue weighted by Crippen LogP contribution is 2.07. The first-order valence-corrected chi connectivity index (χ1v) is 6.55. The summed E-state index contributed by atoms with van der Waals surface area (Å²) in [6.45, 7) is 5.24. The van der Waals surface area contributed by atoms with E-state index in [1.54, 1.807) is 0 Å². The number of aromatic nitrogens is 3. The number of nitrogens with one attached hydrogen (secondary N) is 2. The zero-order valence-electron chi connectivity index (χ0n) is 12.8. The molecule has 0 spiro atoms. The molecule has 0 bridgehead atoms. The Kier molecular flexibility index (Phi) is 5.65. The highest BCUT2D eigenvalue weighted by Gasteiger charge is 2.20. The lowest BCUT2D eigenvalue weighted by atomic mass is 10.1. The van der Waals surface area contributed by atoms with Crippen LogP contribution in [0.5, 0.6) is 0 Å². The number of carbonyl (C=O) groups excluding carboxylic acids is 1. The van der Waals surface area contributed by atoms with E-state index >= 15 is 0 Å². The van der Waals surface area contributed by atoms with E-state index in [9.17, 15) is 9.59 Å². The molecule has 1 aromatic rings. The fourth-order valence-corrected chi connectivity index (χ4v) is 1.31. The first-order chi connectivity index (χ1) is 9.72. The van der Waals surface area contributed by atoms with Crippen molar-refractivity contribution >= 4 is 12.0 Å². The van der Waals surface area contributed by atoms with Crippen LogP contribution in [0.25, 0.3) is 0 Å². The van der Waals surface area contributed by atoms with Crippen LogP contribution in [0.3, 0.4) is 0 Å². The number of urea groups is 1. The molecule has 0 saturated heterocycles. The van der Waals surface area contributed by atoms with Crippen LogP contribution in [0.15, 0.2) is 6.20 Å². The number of amides is 2. The fraction of sp³-hybridized carbons (Fsp3) is 0.667. The number of carboxylic acids is 1. The molecule has 9 heteroatoms. The number of likely N-dealkylation sites (N-methyl/N-ethyl adjacent to an activating group) is 1. The van der Waals surface area contributed by atoms with Crippen molar-refractivity contribution in [3.8, 4) is 0 Å². The smallest absolute Gasteiger partial charge is 0.358 e. The van der Waals surface area contributed by atoms with Gasteiger partial charge in [0.2, 0.25) is 0 Å². The average Bonchev–Trinajstić information content (AvgIpc) is 2.85. The number of carbonyl (C=O) groups is 2. The van der Waals surface area contributed by atoms with Gasteiger partial charge in [-0.25, -0.2) is 14.3 Å². The Hall–Kier alpha value is -2.16. The molecular formula is C12H22N6O3. The summed E-state index contributed by atoms with van der Waals surface area (Å²) in [5.41, 5.74) is -0.258. The van der Waals surface area contributed by atoms with Crippen molar-refractivity contribution in [3.63, 3.8) is 0 Å². The Bertz CT molecular complexity index is 497. The van der Waals surface area contributed by atoms with Gasteiger partial charge >= 0.3 is 12.0 Å². The molecule has 0 aromatic carbocycles. The molecule has 0 radical (unpaired) electrons. The maximum absolute atomic E-state index is 11.6. The van der Waals surface area contributed by atoms with Crippen LogP contribution >= 0.6 is 0 Å². The van der Waals surface area contributed by atoms with Crippen molar-refractivity contribution in [3.05, 3.63) is 11.9 Å². The molecule has 1 aromatic heterocycles. The highest BCUT2D eigenvalue weighted by molar-refractivity contribution is 5.84. The van der Waals surface area contributed by atoms with Gasteiger partial charge in [0, 0.05) is 18.6 Å². The average molecular weight is 298 g/mol. The summed E-state index contributed by atoms with van der Waals surface area (Å²) in [5.74, 6) is -1.13. The van der Waals surface area contributed by atoms with Gasteiger partial charge in [0.05, 0.1) is 12.7 Å². The fourth-order valence-electron chi connectivity index (χ4n) is 1.31. The summed E-state index contributed by atoms with van der Waals surface area (Å²) in [5, 5.41) is 21.3. The summed E-state index contributed by atoms with van der Waals surface area (Å²) in [6.07, 6.45) is 1.32. The van der Waals surface area contributed by atoms with Crippen LogP contribution in [-0.4, -0.2) is 69.7 Å². The molecule has 0 unspecified atom stereocenters. The lowest BCUT2D eigenvalue weighted by Gasteiger charge is -2.32. The molecule has 0 aliphatic carbocycles. The third kappa shape index (κ3) is 5.38. The second-order valence-corrected chi connectivity index (χ2v) is 5.49. The summed E-state index contributed by atoms with van der Waals surface area (Å²) in [7, 11) is 3.90. The second-order valence-electron chi connectivity index (χ2n) is 5.49. The quantitative estimate of drug-likeness (QED) is 0.632. The van der Waals surface area contributed by atoms with E-state index in [4.69, 9.17) is 5.11 Å². The number of rotatable bonds is 7. The molecular weight excluding hydrogens is 276 g/mol. The Morgan fingerprint density at radius 1 is 1.38 bits per heavy atom. The van der Waals surface area contributed by atoms with Crippen LogP contribution < -0.4 is 10.6 Å². The van der Waals surface area contributed by atoms with Crippen molar-refractivity contribution in [2.45, 2.75) is 25.9 Å². The number of hydrogen-bond donors (Lipinski definition) is 3. The van der Waals surface area contributed by atoms with Gasteiger partial charge in [-0.2, -0.15) is 0 Å². The molecule has 1 heterocycles. The highest BCUT2D eigenvalue weighted by atomic mass is 16.4. The minimum atomic E-state index is -1.13. The molecule has 3 N–H and O–H groups in total. The topological polar surface area (TPSA) is 112 Å². The number of carboxylic acid groups (broad SMARTS) is 1. The number of aromatic carboxylic acids is 1. The van der Waals surface area contributed by atoms with E-state index < -0.39 is 5.97 Å². The maximum Gasteiger partial charge on any atom is 0.358 e. The summed E-state index contributed by atoms with van der Waals surface area (Å²) in [6, 6.07) is -0.275. The standard InChI is InChI=1S/C12H22N6O3/c1-12(2,17(3)4)8-14-11(21)13-5-6-18-7-9(10(19)20)15-16-18/h7H,5-6,8H2,1-4H3,(H,19,20)(H2,13,14,21). The van der Waals surface area contributed by atoms with Crippen LogP contribution in [0.4, 0.5) is 4.79 Å². The van der Waals surface area contributed by atoms with E-state index in [0.717, 1.165) is 0 Å². The summed E-state index contributed by atoms with van der Waals surface area (Å²) < 4.78 is 1.37. The lowest BCUT2D eigenvalue weighted by Crippen LogP contribution is -2.50. The van der Waals surface area contributed by atoms with Crippen molar-refractivity contribution in [1.82, 2.24) is 30.5 Å². The maximum atomic E-state index is 11.6. The minimum Gasteiger partial charge on any atom is -0.476 e. The van der Waals surface area contributed by atoms with Gasteiger partial charge in [0.15, 0.2) is 5.69 Å². The lowest BCUT2D eigenvalue weighted by molar-refractivity contribution is 0.0690. The minimum absolute atomic E-state index is 0.118. The van der Waals surface area contributed by atoms with E-state index in [1.165, 1.54) is 10.9 Å². The summed E-state index contributed by atoms with van der Waals surface area (Å²) in [4.78, 5) is 24.3. The molecule has 0 atom stereocenters. The van der Waals surface area contributed by atoms with Crippen molar-refractivity contribution in [2.75, 3.05) is 27.2 Å². The predicted octanol–water partition coefficient (Wildman–Crippen LogP) is -0.384. The molecule has 0 saturated carbocycles. The predicted molar refractivity (Wildman–Crippen MR) is 76.1 cm³/mol.